The molecule has 2 N–H and O–H groups in total. The van der Waals surface area contributed by atoms with Crippen LogP contribution in [-0.2, 0) is 22.6 Å². The molecule has 1 aliphatic heterocycles. The third kappa shape index (κ3) is 8.11. The molecule has 1 saturated heterocycles. The van der Waals surface area contributed by atoms with Crippen molar-refractivity contribution in [2.24, 2.45) is 0 Å². The number of hydrogen-bond donors (Lipinski definition) is 2. The van der Waals surface area contributed by atoms with Crippen LogP contribution >= 0.6 is 0 Å². The van der Waals surface area contributed by atoms with Crippen molar-refractivity contribution in [1.82, 2.24) is 9.80 Å². The number of rotatable bonds is 12. The van der Waals surface area contributed by atoms with E-state index in [4.69, 9.17) is 18.9 Å². The Hall–Kier alpha value is -5.39. The number of aliphatic hydroxyl groups is 2. The molecular weight excluding hydrogens is 616 g/mol. The molecule has 0 aliphatic carbocycles. The summed E-state index contributed by atoms with van der Waals surface area (Å²) in [4.78, 5) is 41.7. The van der Waals surface area contributed by atoms with Crippen LogP contribution in [0.5, 0.6) is 11.5 Å². The van der Waals surface area contributed by atoms with E-state index in [1.807, 2.05) is 36.4 Å². The quantitative estimate of drug-likeness (QED) is 0.214. The number of nitrogens with zero attached hydrogens (tertiary/aromatic N) is 2. The van der Waals surface area contributed by atoms with Crippen LogP contribution in [0.2, 0.25) is 0 Å². The summed E-state index contributed by atoms with van der Waals surface area (Å²) in [5.41, 5.74) is 2.03. The van der Waals surface area contributed by atoms with Crippen LogP contribution in [0.25, 0.3) is 0 Å². The molecular formula is C37H38N2O9. The van der Waals surface area contributed by atoms with Crippen LogP contribution < -0.4 is 9.47 Å². The molecule has 4 atom stereocenters. The SMILES string of the molecule is COC(=O)c1ccc(CN2C(=O)N(Cc3ccc(C(=O)OC)cc3)[C@H](COc3ccccc3)[C@H](O)[C@@H](O)[C@H]2COc2ccccc2)cc1. The highest BCUT2D eigenvalue weighted by Crippen LogP contribution is 2.28. The molecule has 0 aromatic heterocycles. The normalized spacial score (nSPS) is 19.3. The van der Waals surface area contributed by atoms with Crippen molar-refractivity contribution in [3.8, 4) is 11.5 Å². The zero-order valence-electron chi connectivity index (χ0n) is 26.7. The lowest BCUT2D eigenvalue weighted by molar-refractivity contribution is -0.0565. The first-order chi connectivity index (χ1) is 23.3. The van der Waals surface area contributed by atoms with Crippen LogP contribution in [0.1, 0.15) is 31.8 Å². The third-order valence-electron chi connectivity index (χ3n) is 8.21. The number of carbonyl (C=O) groups excluding carboxylic acids is 3. The van der Waals surface area contributed by atoms with Crippen molar-refractivity contribution < 1.29 is 43.5 Å². The molecule has 1 heterocycles. The van der Waals surface area contributed by atoms with Gasteiger partial charge in [-0.05, 0) is 59.7 Å². The summed E-state index contributed by atoms with van der Waals surface area (Å²) in [6.45, 7) is -0.196. The average molecular weight is 655 g/mol. The number of amides is 2. The predicted octanol–water partition coefficient (Wildman–Crippen LogP) is 4.31. The minimum absolute atomic E-state index is 0.0247. The Bertz CT molecular complexity index is 1530. The van der Waals surface area contributed by atoms with E-state index in [2.05, 4.69) is 0 Å². The standard InChI is InChI=1S/C37H38N2O9/c1-45-35(42)27-17-13-25(14-18-27)21-38-31(23-47-29-9-5-3-6-10-29)33(40)34(41)32(24-48-30-11-7-4-8-12-30)39(37(38)44)22-26-15-19-28(20-16-26)36(43)46-2/h3-20,31-34,40-41H,21-24H2,1-2H3/t31-,32-,33+,34+/m1/s1. The fourth-order valence-electron chi connectivity index (χ4n) is 5.54. The van der Waals surface area contributed by atoms with Gasteiger partial charge in [0.2, 0.25) is 0 Å². The lowest BCUT2D eigenvalue weighted by atomic mass is 9.99. The summed E-state index contributed by atoms with van der Waals surface area (Å²) in [7, 11) is 2.59. The Kier molecular flexibility index (Phi) is 11.3. The van der Waals surface area contributed by atoms with Gasteiger partial charge in [0, 0.05) is 13.1 Å². The number of esters is 2. The first kappa shape index (κ1) is 34.0. The van der Waals surface area contributed by atoms with Gasteiger partial charge in [-0.25, -0.2) is 14.4 Å². The van der Waals surface area contributed by atoms with E-state index in [9.17, 15) is 24.6 Å². The van der Waals surface area contributed by atoms with Gasteiger partial charge in [0.05, 0.1) is 37.4 Å². The molecule has 250 valence electrons. The molecule has 0 spiro atoms. The maximum Gasteiger partial charge on any atom is 0.337 e. The number of aliphatic hydroxyl groups excluding tert-OH is 2. The van der Waals surface area contributed by atoms with Crippen molar-refractivity contribution in [1.29, 1.82) is 0 Å². The number of carbonyl (C=O) groups is 3. The third-order valence-corrected chi connectivity index (χ3v) is 8.21. The number of hydrogen-bond acceptors (Lipinski definition) is 9. The fraction of sp³-hybridized carbons (Fsp3) is 0.270. The van der Waals surface area contributed by atoms with Crippen LogP contribution in [0.4, 0.5) is 4.79 Å². The Morgan fingerprint density at radius 3 is 1.27 bits per heavy atom. The van der Waals surface area contributed by atoms with Gasteiger partial charge < -0.3 is 39.0 Å². The van der Waals surface area contributed by atoms with Gasteiger partial charge in [0.25, 0.3) is 0 Å². The molecule has 11 nitrogen and oxygen atoms in total. The summed E-state index contributed by atoms with van der Waals surface area (Å²) < 4.78 is 21.7. The van der Waals surface area contributed by atoms with Crippen LogP contribution in [0.3, 0.4) is 0 Å². The van der Waals surface area contributed by atoms with Crippen molar-refractivity contribution in [3.05, 3.63) is 131 Å². The molecule has 11 heteroatoms. The summed E-state index contributed by atoms with van der Waals surface area (Å²) in [6, 6.07) is 28.7. The van der Waals surface area contributed by atoms with Crippen LogP contribution in [0.15, 0.2) is 109 Å². The highest BCUT2D eigenvalue weighted by molar-refractivity contribution is 5.89. The molecule has 5 rings (SSSR count). The smallest absolute Gasteiger partial charge is 0.337 e. The first-order valence-electron chi connectivity index (χ1n) is 15.4. The molecule has 1 fully saturated rings. The lowest BCUT2D eigenvalue weighted by Crippen LogP contribution is -2.52. The zero-order valence-corrected chi connectivity index (χ0v) is 26.7. The second-order valence-electron chi connectivity index (χ2n) is 11.3. The largest absolute Gasteiger partial charge is 0.491 e. The van der Waals surface area contributed by atoms with E-state index in [-0.39, 0.29) is 26.3 Å². The molecule has 0 bridgehead atoms. The molecule has 0 radical (unpaired) electrons. The predicted molar refractivity (Wildman–Crippen MR) is 176 cm³/mol. The number of methoxy groups -OCH3 is 2. The van der Waals surface area contributed by atoms with E-state index in [0.29, 0.717) is 33.8 Å². The van der Waals surface area contributed by atoms with Gasteiger partial charge in [0.15, 0.2) is 0 Å². The summed E-state index contributed by atoms with van der Waals surface area (Å²) in [6.07, 6.45) is -2.88. The molecule has 48 heavy (non-hydrogen) atoms. The van der Waals surface area contributed by atoms with E-state index >= 15 is 0 Å². The second kappa shape index (κ2) is 15.9. The van der Waals surface area contributed by atoms with E-state index in [1.54, 1.807) is 72.8 Å². The Balaban J connectivity index is 1.52. The summed E-state index contributed by atoms with van der Waals surface area (Å²) in [5.74, 6) is 0.0750. The van der Waals surface area contributed by atoms with Gasteiger partial charge in [-0.3, -0.25) is 0 Å². The van der Waals surface area contributed by atoms with Gasteiger partial charge >= 0.3 is 18.0 Å². The van der Waals surface area contributed by atoms with Crippen molar-refractivity contribution in [2.45, 2.75) is 37.4 Å². The Morgan fingerprint density at radius 2 is 0.938 bits per heavy atom. The lowest BCUT2D eigenvalue weighted by Gasteiger charge is -2.35. The van der Waals surface area contributed by atoms with Crippen molar-refractivity contribution >= 4 is 18.0 Å². The summed E-state index contributed by atoms with van der Waals surface area (Å²) in [5, 5.41) is 23.5. The van der Waals surface area contributed by atoms with Crippen molar-refractivity contribution in [2.75, 3.05) is 27.4 Å². The maximum absolute atomic E-state index is 14.7. The Labute approximate surface area is 278 Å². The topological polar surface area (TPSA) is 135 Å². The molecule has 4 aromatic rings. The fourth-order valence-corrected chi connectivity index (χ4v) is 5.54. The molecule has 1 aliphatic rings. The molecule has 4 aromatic carbocycles. The van der Waals surface area contributed by atoms with Gasteiger partial charge in [-0.1, -0.05) is 60.7 Å². The Morgan fingerprint density at radius 1 is 0.583 bits per heavy atom. The molecule has 2 amide bonds. The number of para-hydroxylation sites is 2. The number of urea groups is 1. The number of ether oxygens (including phenoxy) is 4. The minimum Gasteiger partial charge on any atom is -0.491 e. The molecule has 0 saturated carbocycles. The second-order valence-corrected chi connectivity index (χ2v) is 11.3. The maximum atomic E-state index is 14.7. The first-order valence-corrected chi connectivity index (χ1v) is 15.4. The van der Waals surface area contributed by atoms with Crippen molar-refractivity contribution in [3.63, 3.8) is 0 Å². The van der Waals surface area contributed by atoms with Crippen LogP contribution in [-0.4, -0.2) is 89.7 Å². The zero-order chi connectivity index (χ0) is 34.0. The van der Waals surface area contributed by atoms with E-state index in [1.165, 1.54) is 24.0 Å². The summed E-state index contributed by atoms with van der Waals surface area (Å²) >= 11 is 0. The van der Waals surface area contributed by atoms with E-state index < -0.39 is 42.3 Å². The van der Waals surface area contributed by atoms with Gasteiger partial charge in [-0.2, -0.15) is 0 Å². The van der Waals surface area contributed by atoms with Gasteiger partial charge in [-0.15, -0.1) is 0 Å². The highest BCUT2D eigenvalue weighted by atomic mass is 16.5. The highest BCUT2D eigenvalue weighted by Gasteiger charge is 2.47. The average Bonchev–Trinajstić information content (AvgIpc) is 3.19. The van der Waals surface area contributed by atoms with Crippen LogP contribution in [0, 0.1) is 0 Å². The van der Waals surface area contributed by atoms with Gasteiger partial charge in [0.1, 0.15) is 36.9 Å². The minimum atomic E-state index is -1.44. The monoisotopic (exact) mass is 654 g/mol. The van der Waals surface area contributed by atoms with E-state index in [0.717, 1.165) is 0 Å². The molecule has 0 unspecified atom stereocenters. The number of benzene rings is 4.